The molecule has 0 atom stereocenters. The number of piperazine rings is 1. The molecule has 0 aromatic heterocycles. The monoisotopic (exact) mass is 294 g/mol. The molecule has 20 heavy (non-hydrogen) atoms. The molecule has 1 fully saturated rings. The Labute approximate surface area is 126 Å². The lowest BCUT2D eigenvalue weighted by atomic mass is 9.98. The Kier molecular flexibility index (Phi) is 5.06. The maximum Gasteiger partial charge on any atom is 0.254 e. The smallest absolute Gasteiger partial charge is 0.254 e. The standard InChI is InChI=1S/C16H23ClN2O/c1-12-10-13(2)15(14(3)11-12)16(20)19-8-6-18(5-4-17)7-9-19/h10-11H,4-9H2,1-3H3. The first-order valence-electron chi connectivity index (χ1n) is 7.18. The van der Waals surface area contributed by atoms with Gasteiger partial charge in [0.25, 0.3) is 5.91 Å². The SMILES string of the molecule is Cc1cc(C)c(C(=O)N2CCN(CCCl)CC2)c(C)c1. The van der Waals surface area contributed by atoms with Gasteiger partial charge < -0.3 is 4.90 Å². The maximum atomic E-state index is 12.7. The largest absolute Gasteiger partial charge is 0.336 e. The number of nitrogens with zero attached hydrogens (tertiary/aromatic N) is 2. The van der Waals surface area contributed by atoms with Crippen molar-refractivity contribution in [1.29, 1.82) is 0 Å². The minimum Gasteiger partial charge on any atom is -0.336 e. The summed E-state index contributed by atoms with van der Waals surface area (Å²) in [7, 11) is 0. The van der Waals surface area contributed by atoms with Gasteiger partial charge in [-0.05, 0) is 31.9 Å². The normalized spacial score (nSPS) is 16.5. The van der Waals surface area contributed by atoms with Crippen molar-refractivity contribution in [2.45, 2.75) is 20.8 Å². The molecule has 0 aliphatic carbocycles. The summed E-state index contributed by atoms with van der Waals surface area (Å²) in [5, 5.41) is 0. The Hall–Kier alpha value is -1.06. The van der Waals surface area contributed by atoms with Gasteiger partial charge in [0.15, 0.2) is 0 Å². The number of alkyl halides is 1. The van der Waals surface area contributed by atoms with Crippen molar-refractivity contribution in [2.75, 3.05) is 38.6 Å². The average Bonchev–Trinajstić information content (AvgIpc) is 2.38. The van der Waals surface area contributed by atoms with Crippen LogP contribution < -0.4 is 0 Å². The highest BCUT2D eigenvalue weighted by Crippen LogP contribution is 2.19. The molecule has 1 heterocycles. The lowest BCUT2D eigenvalue weighted by Gasteiger charge is -2.35. The third kappa shape index (κ3) is 3.33. The Morgan fingerprint density at radius 2 is 1.65 bits per heavy atom. The highest BCUT2D eigenvalue weighted by atomic mass is 35.5. The highest BCUT2D eigenvalue weighted by molar-refractivity contribution is 6.18. The number of benzene rings is 1. The van der Waals surface area contributed by atoms with E-state index in [1.54, 1.807) is 0 Å². The molecule has 4 heteroatoms. The topological polar surface area (TPSA) is 23.6 Å². The molecule has 2 rings (SSSR count). The molecular weight excluding hydrogens is 272 g/mol. The van der Waals surface area contributed by atoms with Crippen molar-refractivity contribution in [2.24, 2.45) is 0 Å². The van der Waals surface area contributed by atoms with E-state index in [1.807, 2.05) is 18.7 Å². The molecule has 1 amide bonds. The van der Waals surface area contributed by atoms with Crippen LogP contribution in [-0.4, -0.2) is 54.3 Å². The van der Waals surface area contributed by atoms with E-state index < -0.39 is 0 Å². The van der Waals surface area contributed by atoms with Gasteiger partial charge in [-0.1, -0.05) is 17.7 Å². The number of rotatable bonds is 3. The van der Waals surface area contributed by atoms with Gasteiger partial charge in [0.2, 0.25) is 0 Å². The van der Waals surface area contributed by atoms with Crippen LogP contribution in [-0.2, 0) is 0 Å². The van der Waals surface area contributed by atoms with Crippen LogP contribution in [0.25, 0.3) is 0 Å². The summed E-state index contributed by atoms with van der Waals surface area (Å²) in [5.41, 5.74) is 4.25. The summed E-state index contributed by atoms with van der Waals surface area (Å²) in [4.78, 5) is 17.0. The molecule has 1 aromatic rings. The fraction of sp³-hybridized carbons (Fsp3) is 0.562. The molecule has 1 saturated heterocycles. The predicted molar refractivity (Wildman–Crippen MR) is 83.7 cm³/mol. The van der Waals surface area contributed by atoms with E-state index in [0.717, 1.165) is 49.4 Å². The van der Waals surface area contributed by atoms with E-state index in [4.69, 9.17) is 11.6 Å². The first-order chi connectivity index (χ1) is 9.52. The molecule has 0 bridgehead atoms. The zero-order valence-electron chi connectivity index (χ0n) is 12.6. The molecule has 0 unspecified atom stereocenters. The molecule has 0 N–H and O–H groups in total. The second kappa shape index (κ2) is 6.59. The van der Waals surface area contributed by atoms with Gasteiger partial charge in [0.05, 0.1) is 0 Å². The van der Waals surface area contributed by atoms with Crippen LogP contribution in [0.3, 0.4) is 0 Å². The molecule has 0 radical (unpaired) electrons. The van der Waals surface area contributed by atoms with Crippen molar-refractivity contribution in [3.05, 3.63) is 34.4 Å². The summed E-state index contributed by atoms with van der Waals surface area (Å²) in [5.74, 6) is 0.829. The molecular formula is C16H23ClN2O. The second-order valence-corrected chi connectivity index (χ2v) is 5.97. The van der Waals surface area contributed by atoms with Gasteiger partial charge in [-0.2, -0.15) is 0 Å². The van der Waals surface area contributed by atoms with Gasteiger partial charge >= 0.3 is 0 Å². The predicted octanol–water partition coefficient (Wildman–Crippen LogP) is 2.61. The third-order valence-corrected chi connectivity index (χ3v) is 4.12. The molecule has 0 saturated carbocycles. The highest BCUT2D eigenvalue weighted by Gasteiger charge is 2.23. The average molecular weight is 295 g/mol. The van der Waals surface area contributed by atoms with Crippen LogP contribution in [0.2, 0.25) is 0 Å². The number of amides is 1. The zero-order valence-corrected chi connectivity index (χ0v) is 13.3. The van der Waals surface area contributed by atoms with Crippen LogP contribution in [0.5, 0.6) is 0 Å². The van der Waals surface area contributed by atoms with E-state index >= 15 is 0 Å². The number of halogens is 1. The number of aryl methyl sites for hydroxylation is 3. The van der Waals surface area contributed by atoms with Crippen LogP contribution >= 0.6 is 11.6 Å². The van der Waals surface area contributed by atoms with Crippen molar-refractivity contribution >= 4 is 17.5 Å². The van der Waals surface area contributed by atoms with Crippen LogP contribution in [0.15, 0.2) is 12.1 Å². The fourth-order valence-electron chi connectivity index (χ4n) is 2.97. The van der Waals surface area contributed by atoms with E-state index in [9.17, 15) is 4.79 Å². The molecule has 1 aliphatic rings. The number of carbonyl (C=O) groups excluding carboxylic acids is 1. The lowest BCUT2D eigenvalue weighted by molar-refractivity contribution is 0.0643. The minimum absolute atomic E-state index is 0.172. The van der Waals surface area contributed by atoms with Crippen molar-refractivity contribution in [3.63, 3.8) is 0 Å². The first kappa shape index (κ1) is 15.3. The van der Waals surface area contributed by atoms with Gasteiger partial charge in [0, 0.05) is 44.2 Å². The maximum absolute atomic E-state index is 12.7. The van der Waals surface area contributed by atoms with Crippen molar-refractivity contribution in [1.82, 2.24) is 9.80 Å². The number of hydrogen-bond acceptors (Lipinski definition) is 2. The third-order valence-electron chi connectivity index (χ3n) is 3.95. The quantitative estimate of drug-likeness (QED) is 0.800. The summed E-state index contributed by atoms with van der Waals surface area (Å²) in [6.45, 7) is 10.5. The molecule has 110 valence electrons. The van der Waals surface area contributed by atoms with Gasteiger partial charge in [-0.3, -0.25) is 9.69 Å². The van der Waals surface area contributed by atoms with Crippen LogP contribution in [0.1, 0.15) is 27.0 Å². The van der Waals surface area contributed by atoms with E-state index in [1.165, 1.54) is 5.56 Å². The second-order valence-electron chi connectivity index (χ2n) is 5.60. The minimum atomic E-state index is 0.172. The van der Waals surface area contributed by atoms with E-state index in [0.29, 0.717) is 5.88 Å². The summed E-state index contributed by atoms with van der Waals surface area (Å²) in [6.07, 6.45) is 0. The number of hydrogen-bond donors (Lipinski definition) is 0. The summed E-state index contributed by atoms with van der Waals surface area (Å²) < 4.78 is 0. The van der Waals surface area contributed by atoms with Crippen molar-refractivity contribution in [3.8, 4) is 0 Å². The van der Waals surface area contributed by atoms with Crippen LogP contribution in [0.4, 0.5) is 0 Å². The summed E-state index contributed by atoms with van der Waals surface area (Å²) in [6, 6.07) is 4.17. The fourth-order valence-corrected chi connectivity index (χ4v) is 3.21. The van der Waals surface area contributed by atoms with E-state index in [2.05, 4.69) is 24.0 Å². The van der Waals surface area contributed by atoms with Crippen molar-refractivity contribution < 1.29 is 4.79 Å². The Bertz CT molecular complexity index is 470. The summed E-state index contributed by atoms with van der Waals surface area (Å²) >= 11 is 5.76. The molecule has 1 aromatic carbocycles. The molecule has 1 aliphatic heterocycles. The van der Waals surface area contributed by atoms with Gasteiger partial charge in [-0.15, -0.1) is 11.6 Å². The molecule has 3 nitrogen and oxygen atoms in total. The molecule has 0 spiro atoms. The van der Waals surface area contributed by atoms with Gasteiger partial charge in [-0.25, -0.2) is 0 Å². The van der Waals surface area contributed by atoms with Crippen LogP contribution in [0, 0.1) is 20.8 Å². The zero-order chi connectivity index (χ0) is 14.7. The Morgan fingerprint density at radius 3 is 2.15 bits per heavy atom. The Morgan fingerprint density at radius 1 is 1.10 bits per heavy atom. The van der Waals surface area contributed by atoms with Gasteiger partial charge in [0.1, 0.15) is 0 Å². The first-order valence-corrected chi connectivity index (χ1v) is 7.72. The number of carbonyl (C=O) groups is 1. The Balaban J connectivity index is 2.10. The van der Waals surface area contributed by atoms with E-state index in [-0.39, 0.29) is 5.91 Å². The lowest BCUT2D eigenvalue weighted by Crippen LogP contribution is -2.49.